The Balaban J connectivity index is 1.73. The van der Waals surface area contributed by atoms with Crippen molar-refractivity contribution >= 4 is 16.6 Å². The summed E-state index contributed by atoms with van der Waals surface area (Å²) in [6.07, 6.45) is 3.76. The monoisotopic (exact) mass is 387 g/mol. The van der Waals surface area contributed by atoms with Crippen LogP contribution in [0.2, 0.25) is 0 Å². The molecule has 8 nitrogen and oxygen atoms in total. The van der Waals surface area contributed by atoms with Crippen molar-refractivity contribution in [3.05, 3.63) is 38.5 Å². The van der Waals surface area contributed by atoms with Gasteiger partial charge in [0.15, 0.2) is 0 Å². The Kier molecular flexibility index (Phi) is 4.93. The van der Waals surface area contributed by atoms with Crippen LogP contribution in [0.4, 0.5) is 5.69 Å². The number of nitrogens with two attached hydrogens (primary N) is 2. The maximum Gasteiger partial charge on any atom is 0.350 e. The summed E-state index contributed by atoms with van der Waals surface area (Å²) in [4.78, 5) is 27.5. The molecule has 1 unspecified atom stereocenters. The van der Waals surface area contributed by atoms with E-state index in [0.29, 0.717) is 17.9 Å². The zero-order valence-electron chi connectivity index (χ0n) is 16.6. The lowest BCUT2D eigenvalue weighted by Gasteiger charge is -2.24. The van der Waals surface area contributed by atoms with E-state index in [0.717, 1.165) is 60.2 Å². The van der Waals surface area contributed by atoms with Gasteiger partial charge >= 0.3 is 5.69 Å². The number of hydrogen-bond acceptors (Lipinski definition) is 6. The molecule has 2 aliphatic rings. The zero-order chi connectivity index (χ0) is 20.0. The van der Waals surface area contributed by atoms with Gasteiger partial charge in [-0.3, -0.25) is 9.36 Å². The molecule has 1 saturated heterocycles. The first kappa shape index (κ1) is 19.0. The van der Waals surface area contributed by atoms with Crippen molar-refractivity contribution in [2.45, 2.75) is 44.7 Å². The quantitative estimate of drug-likeness (QED) is 0.707. The van der Waals surface area contributed by atoms with Crippen LogP contribution in [0.5, 0.6) is 0 Å². The molecular formula is C20H29N5O3. The number of rotatable bonds is 6. The minimum Gasteiger partial charge on any atom is -0.385 e. The predicted octanol–water partition coefficient (Wildman–Crippen LogP) is 0.710. The van der Waals surface area contributed by atoms with E-state index in [1.807, 2.05) is 13.0 Å². The summed E-state index contributed by atoms with van der Waals surface area (Å²) in [6.45, 7) is 4.46. The smallest absolute Gasteiger partial charge is 0.350 e. The fraction of sp³-hybridized carbons (Fsp3) is 0.600. The lowest BCUT2D eigenvalue weighted by Crippen LogP contribution is -2.44. The molecule has 2 aromatic rings. The van der Waals surface area contributed by atoms with Gasteiger partial charge in [0, 0.05) is 44.6 Å². The van der Waals surface area contributed by atoms with E-state index < -0.39 is 11.2 Å². The summed E-state index contributed by atoms with van der Waals surface area (Å²) >= 11 is 0. The second-order valence-electron chi connectivity index (χ2n) is 8.10. The highest BCUT2D eigenvalue weighted by atomic mass is 16.5. The molecule has 1 aliphatic heterocycles. The first-order chi connectivity index (χ1) is 13.4. The van der Waals surface area contributed by atoms with Crippen molar-refractivity contribution in [3.8, 4) is 0 Å². The number of nitrogen functional groups attached to an aromatic ring is 1. The van der Waals surface area contributed by atoms with Crippen LogP contribution in [-0.2, 0) is 4.74 Å². The Bertz CT molecular complexity index is 1010. The van der Waals surface area contributed by atoms with Crippen molar-refractivity contribution in [1.29, 1.82) is 0 Å². The van der Waals surface area contributed by atoms with Crippen LogP contribution in [0.3, 0.4) is 0 Å². The second kappa shape index (κ2) is 7.25. The largest absolute Gasteiger partial charge is 0.385 e. The van der Waals surface area contributed by atoms with Crippen LogP contribution in [0.1, 0.15) is 37.3 Å². The average Bonchev–Trinajstić information content (AvgIpc) is 3.40. The molecule has 8 heteroatoms. The molecule has 1 aromatic carbocycles. The highest BCUT2D eigenvalue weighted by Crippen LogP contribution is 2.38. The van der Waals surface area contributed by atoms with Gasteiger partial charge in [-0.25, -0.2) is 4.79 Å². The van der Waals surface area contributed by atoms with Gasteiger partial charge in [-0.15, -0.1) is 0 Å². The number of aromatic nitrogens is 2. The lowest BCUT2D eigenvalue weighted by atomic mass is 9.97. The standard InChI is InChI=1S/C20H29N5O3/c1-12-17(23-9-7-13(11-23)16(21)8-10-28-2)6-5-15-18(12)24(14-3-4-14)20(27)25(22)19(15)26/h5-6,13-14,16H,3-4,7-11,21-22H2,1-2H3/t13?,16-/m1/s1. The van der Waals surface area contributed by atoms with Crippen molar-refractivity contribution in [3.63, 3.8) is 0 Å². The minimum absolute atomic E-state index is 0.111. The third kappa shape index (κ3) is 3.10. The summed E-state index contributed by atoms with van der Waals surface area (Å²) < 4.78 is 7.61. The molecule has 0 spiro atoms. The van der Waals surface area contributed by atoms with Gasteiger partial charge in [0.25, 0.3) is 5.56 Å². The van der Waals surface area contributed by atoms with E-state index in [1.54, 1.807) is 17.7 Å². The van der Waals surface area contributed by atoms with E-state index in [9.17, 15) is 9.59 Å². The summed E-state index contributed by atoms with van der Waals surface area (Å²) in [5.41, 5.74) is 8.24. The van der Waals surface area contributed by atoms with Crippen LogP contribution < -0.4 is 27.7 Å². The fourth-order valence-electron chi connectivity index (χ4n) is 4.46. The van der Waals surface area contributed by atoms with Gasteiger partial charge in [-0.05, 0) is 56.2 Å². The normalized spacial score (nSPS) is 20.8. The molecule has 0 amide bonds. The first-order valence-corrected chi connectivity index (χ1v) is 9.99. The number of ether oxygens (including phenoxy) is 1. The maximum absolute atomic E-state index is 12.7. The molecule has 1 saturated carbocycles. The summed E-state index contributed by atoms with van der Waals surface area (Å²) in [6, 6.07) is 4.02. The van der Waals surface area contributed by atoms with Crippen LogP contribution in [0.25, 0.3) is 10.9 Å². The van der Waals surface area contributed by atoms with Crippen molar-refractivity contribution in [2.24, 2.45) is 11.7 Å². The van der Waals surface area contributed by atoms with Crippen LogP contribution in [-0.4, -0.2) is 42.1 Å². The van der Waals surface area contributed by atoms with Gasteiger partial charge < -0.3 is 21.2 Å². The average molecular weight is 387 g/mol. The molecule has 28 heavy (non-hydrogen) atoms. The SMILES string of the molecule is COCC[C@@H](N)C1CCN(c2ccc3c(=O)n(N)c(=O)n(C4CC4)c3c2C)C1. The van der Waals surface area contributed by atoms with E-state index in [1.165, 1.54) is 0 Å². The Labute approximate surface area is 163 Å². The molecule has 2 fully saturated rings. The minimum atomic E-state index is -0.438. The molecule has 0 radical (unpaired) electrons. The predicted molar refractivity (Wildman–Crippen MR) is 110 cm³/mol. The number of anilines is 1. The Morgan fingerprint density at radius 1 is 1.25 bits per heavy atom. The summed E-state index contributed by atoms with van der Waals surface area (Å²) in [7, 11) is 1.70. The van der Waals surface area contributed by atoms with Crippen LogP contribution in [0, 0.1) is 12.8 Å². The van der Waals surface area contributed by atoms with E-state index in [4.69, 9.17) is 16.3 Å². The Hall–Kier alpha value is -2.32. The van der Waals surface area contributed by atoms with Gasteiger partial charge in [-0.2, -0.15) is 4.68 Å². The number of nitrogens with zero attached hydrogens (tertiary/aromatic N) is 3. The number of hydrogen-bond donors (Lipinski definition) is 2. The van der Waals surface area contributed by atoms with Crippen LogP contribution >= 0.6 is 0 Å². The molecule has 4 rings (SSSR count). The molecule has 2 atom stereocenters. The third-order valence-electron chi connectivity index (χ3n) is 6.24. The van der Waals surface area contributed by atoms with Crippen molar-refractivity contribution in [2.75, 3.05) is 37.5 Å². The highest BCUT2D eigenvalue weighted by Gasteiger charge is 2.31. The van der Waals surface area contributed by atoms with Gasteiger partial charge in [0.2, 0.25) is 0 Å². The molecule has 1 aromatic heterocycles. The molecule has 0 bridgehead atoms. The zero-order valence-corrected chi connectivity index (χ0v) is 16.6. The second-order valence-corrected chi connectivity index (χ2v) is 8.10. The van der Waals surface area contributed by atoms with Gasteiger partial charge in [-0.1, -0.05) is 0 Å². The number of fused-ring (bicyclic) bond motifs is 1. The Morgan fingerprint density at radius 2 is 2.00 bits per heavy atom. The van der Waals surface area contributed by atoms with E-state index in [2.05, 4.69) is 4.90 Å². The molecule has 4 N–H and O–H groups in total. The molecule has 152 valence electrons. The van der Waals surface area contributed by atoms with Crippen molar-refractivity contribution < 1.29 is 4.74 Å². The number of methoxy groups -OCH3 is 1. The number of aryl methyl sites for hydroxylation is 1. The Morgan fingerprint density at radius 3 is 2.68 bits per heavy atom. The van der Waals surface area contributed by atoms with Gasteiger partial charge in [0.1, 0.15) is 0 Å². The van der Waals surface area contributed by atoms with Crippen LogP contribution in [0.15, 0.2) is 21.7 Å². The fourth-order valence-corrected chi connectivity index (χ4v) is 4.46. The topological polar surface area (TPSA) is 109 Å². The summed E-state index contributed by atoms with van der Waals surface area (Å²) in [5, 5.41) is 0.503. The summed E-state index contributed by atoms with van der Waals surface area (Å²) in [5.74, 6) is 6.16. The van der Waals surface area contributed by atoms with E-state index in [-0.39, 0.29) is 12.1 Å². The maximum atomic E-state index is 12.7. The van der Waals surface area contributed by atoms with E-state index >= 15 is 0 Å². The molecular weight excluding hydrogens is 358 g/mol. The lowest BCUT2D eigenvalue weighted by molar-refractivity contribution is 0.180. The molecule has 2 heterocycles. The van der Waals surface area contributed by atoms with Gasteiger partial charge in [0.05, 0.1) is 10.9 Å². The third-order valence-corrected chi connectivity index (χ3v) is 6.24. The number of benzene rings is 1. The molecule has 1 aliphatic carbocycles. The van der Waals surface area contributed by atoms with Crippen molar-refractivity contribution in [1.82, 2.24) is 9.24 Å². The first-order valence-electron chi connectivity index (χ1n) is 9.99. The highest BCUT2D eigenvalue weighted by molar-refractivity contribution is 5.87.